The molecule has 0 fully saturated rings. The average molecular weight is 531 g/mol. The molecule has 2 heterocycles. The molecule has 0 saturated heterocycles. The Morgan fingerprint density at radius 2 is 1.45 bits per heavy atom. The molecule has 1 aliphatic heterocycles. The number of pyridine rings is 1. The topological polar surface area (TPSA) is 60.8 Å². The van der Waals surface area contributed by atoms with Gasteiger partial charge in [-0.3, -0.25) is 10.4 Å². The fraction of sp³-hybridized carbons (Fsp3) is 0.278. The summed E-state index contributed by atoms with van der Waals surface area (Å²) < 4.78 is 0. The van der Waals surface area contributed by atoms with Gasteiger partial charge in [0, 0.05) is 36.1 Å². The van der Waals surface area contributed by atoms with Crippen LogP contribution in [0.1, 0.15) is 59.5 Å². The molecule has 0 amide bonds. The van der Waals surface area contributed by atoms with Crippen LogP contribution in [-0.4, -0.2) is 30.8 Å². The first-order valence-electron chi connectivity index (χ1n) is 14.6. The minimum absolute atomic E-state index is 0.519. The number of hydrogen-bond donors (Lipinski definition) is 3. The molecular weight excluding hydrogens is 488 g/mol. The Bertz CT molecular complexity index is 1410. The van der Waals surface area contributed by atoms with Crippen molar-refractivity contribution >= 4 is 17.0 Å². The maximum atomic E-state index is 9.26. The lowest BCUT2D eigenvalue weighted by molar-refractivity contribution is 0.738. The van der Waals surface area contributed by atoms with E-state index >= 15 is 0 Å². The maximum Gasteiger partial charge on any atom is 0.0723 e. The number of nitrogens with one attached hydrogen (secondary N) is 3. The minimum atomic E-state index is 0.519. The smallest absolute Gasteiger partial charge is 0.0723 e. The van der Waals surface area contributed by atoms with E-state index in [9.17, 15) is 5.41 Å². The number of nitrogens with zero attached hydrogens (tertiary/aromatic N) is 1. The number of aromatic nitrogens is 1. The highest BCUT2D eigenvalue weighted by Crippen LogP contribution is 2.28. The van der Waals surface area contributed by atoms with Crippen LogP contribution < -0.4 is 10.6 Å². The lowest BCUT2D eigenvalue weighted by atomic mass is 9.93. The van der Waals surface area contributed by atoms with E-state index in [-0.39, 0.29) is 0 Å². The number of benzene rings is 3. The van der Waals surface area contributed by atoms with Crippen LogP contribution in [-0.2, 0) is 25.7 Å². The second-order valence-electron chi connectivity index (χ2n) is 9.84. The standard InChI is InChI=1S/C34H36N4.C2H6/c1-36-33-24-28(27-20-22-37-23-21-27)14-17-31(33)34(35)30-18-16-29(15-12-25-8-4-2-5-9-25)38-32(30)19-13-26-10-6-3-7-11-26;1-2/h2-11,14,16-18,20,24,35-37H,12-13,15,19,21-23H2,1H3;1-2H3. The molecule has 4 heteroatoms. The van der Waals surface area contributed by atoms with E-state index in [0.29, 0.717) is 5.71 Å². The van der Waals surface area contributed by atoms with Crippen molar-refractivity contribution in [3.63, 3.8) is 0 Å². The molecule has 40 heavy (non-hydrogen) atoms. The quantitative estimate of drug-likeness (QED) is 0.186. The minimum Gasteiger partial charge on any atom is -0.388 e. The van der Waals surface area contributed by atoms with Crippen molar-refractivity contribution in [2.45, 2.75) is 46.0 Å². The van der Waals surface area contributed by atoms with Crippen molar-refractivity contribution in [1.82, 2.24) is 10.3 Å². The van der Waals surface area contributed by atoms with E-state index in [2.05, 4.69) is 108 Å². The third-order valence-electron chi connectivity index (χ3n) is 7.30. The fourth-order valence-corrected chi connectivity index (χ4v) is 5.13. The molecule has 3 N–H and O–H groups in total. The summed E-state index contributed by atoms with van der Waals surface area (Å²) in [6, 6.07) is 31.8. The van der Waals surface area contributed by atoms with Gasteiger partial charge < -0.3 is 10.6 Å². The van der Waals surface area contributed by atoms with E-state index in [1.807, 2.05) is 20.9 Å². The fourth-order valence-electron chi connectivity index (χ4n) is 5.13. The molecule has 4 aromatic rings. The SMILES string of the molecule is CC.CNc1cc(C2=CCNCC2)ccc1C(=N)c1ccc(CCc2ccccc2)nc1CCc1ccccc1. The molecule has 0 bridgehead atoms. The molecule has 0 radical (unpaired) electrons. The molecular formula is C36H42N4. The zero-order chi connectivity index (χ0) is 28.2. The van der Waals surface area contributed by atoms with Crippen molar-refractivity contribution in [1.29, 1.82) is 5.41 Å². The van der Waals surface area contributed by atoms with Crippen LogP contribution in [0.15, 0.2) is 97.1 Å². The van der Waals surface area contributed by atoms with Crippen molar-refractivity contribution < 1.29 is 0 Å². The number of anilines is 1. The van der Waals surface area contributed by atoms with Gasteiger partial charge in [-0.25, -0.2) is 0 Å². The van der Waals surface area contributed by atoms with Crippen LogP contribution in [0.5, 0.6) is 0 Å². The van der Waals surface area contributed by atoms with Gasteiger partial charge in [-0.15, -0.1) is 0 Å². The highest BCUT2D eigenvalue weighted by molar-refractivity contribution is 6.14. The maximum absolute atomic E-state index is 9.26. The van der Waals surface area contributed by atoms with E-state index in [0.717, 1.165) is 73.4 Å². The van der Waals surface area contributed by atoms with Gasteiger partial charge in [0.2, 0.25) is 0 Å². The van der Waals surface area contributed by atoms with Crippen molar-refractivity contribution in [3.8, 4) is 0 Å². The largest absolute Gasteiger partial charge is 0.388 e. The third kappa shape index (κ3) is 7.55. The molecule has 1 aliphatic rings. The summed E-state index contributed by atoms with van der Waals surface area (Å²) in [5.74, 6) is 0. The van der Waals surface area contributed by atoms with Crippen LogP contribution in [0.25, 0.3) is 5.57 Å². The van der Waals surface area contributed by atoms with Gasteiger partial charge in [0.15, 0.2) is 0 Å². The Hall–Kier alpha value is -4.02. The van der Waals surface area contributed by atoms with Gasteiger partial charge in [0.05, 0.1) is 11.4 Å². The van der Waals surface area contributed by atoms with Crippen LogP contribution in [0.3, 0.4) is 0 Å². The van der Waals surface area contributed by atoms with Gasteiger partial charge in [-0.1, -0.05) is 92.7 Å². The zero-order valence-electron chi connectivity index (χ0n) is 24.1. The Labute approximate surface area is 240 Å². The molecule has 5 rings (SSSR count). The van der Waals surface area contributed by atoms with Gasteiger partial charge in [-0.2, -0.15) is 0 Å². The summed E-state index contributed by atoms with van der Waals surface area (Å²) in [5.41, 5.74) is 10.6. The first-order valence-corrected chi connectivity index (χ1v) is 14.6. The molecule has 1 aromatic heterocycles. The number of rotatable bonds is 10. The van der Waals surface area contributed by atoms with E-state index in [1.165, 1.54) is 22.3 Å². The summed E-state index contributed by atoms with van der Waals surface area (Å²) in [6.45, 7) is 5.92. The Morgan fingerprint density at radius 3 is 2.08 bits per heavy atom. The number of aryl methyl sites for hydroxylation is 4. The van der Waals surface area contributed by atoms with E-state index in [4.69, 9.17) is 4.98 Å². The Kier molecular flexibility index (Phi) is 10.8. The van der Waals surface area contributed by atoms with Crippen LogP contribution in [0.4, 0.5) is 5.69 Å². The summed E-state index contributed by atoms with van der Waals surface area (Å²) in [7, 11) is 1.94. The molecule has 4 nitrogen and oxygen atoms in total. The summed E-state index contributed by atoms with van der Waals surface area (Å²) >= 11 is 0. The van der Waals surface area contributed by atoms with E-state index in [1.54, 1.807) is 0 Å². The summed E-state index contributed by atoms with van der Waals surface area (Å²) in [6.07, 6.45) is 6.83. The predicted octanol–water partition coefficient (Wildman–Crippen LogP) is 7.51. The molecule has 3 aromatic carbocycles. The highest BCUT2D eigenvalue weighted by Gasteiger charge is 2.17. The Balaban J connectivity index is 0.00000181. The van der Waals surface area contributed by atoms with Crippen LogP contribution in [0, 0.1) is 5.41 Å². The van der Waals surface area contributed by atoms with Gasteiger partial charge in [0.25, 0.3) is 0 Å². The summed E-state index contributed by atoms with van der Waals surface area (Å²) in [5, 5.41) is 16.0. The Morgan fingerprint density at radius 1 is 0.800 bits per heavy atom. The predicted molar refractivity (Wildman–Crippen MR) is 171 cm³/mol. The lowest BCUT2D eigenvalue weighted by Gasteiger charge is -2.18. The van der Waals surface area contributed by atoms with Crippen LogP contribution in [0.2, 0.25) is 0 Å². The van der Waals surface area contributed by atoms with Gasteiger partial charge >= 0.3 is 0 Å². The summed E-state index contributed by atoms with van der Waals surface area (Å²) in [4.78, 5) is 5.12. The monoisotopic (exact) mass is 530 g/mol. The lowest BCUT2D eigenvalue weighted by Crippen LogP contribution is -2.20. The highest BCUT2D eigenvalue weighted by atomic mass is 14.9. The van der Waals surface area contributed by atoms with Gasteiger partial charge in [-0.05, 0) is 79.1 Å². The van der Waals surface area contributed by atoms with Gasteiger partial charge in [0.1, 0.15) is 0 Å². The molecule has 206 valence electrons. The first-order chi connectivity index (χ1) is 19.7. The molecule has 0 spiro atoms. The second-order valence-corrected chi connectivity index (χ2v) is 9.84. The molecule has 0 unspecified atom stereocenters. The molecule has 0 atom stereocenters. The van der Waals surface area contributed by atoms with Crippen LogP contribution >= 0.6 is 0 Å². The normalized spacial score (nSPS) is 12.6. The average Bonchev–Trinajstić information content (AvgIpc) is 3.04. The van der Waals surface area contributed by atoms with Crippen molar-refractivity contribution in [3.05, 3.63) is 136 Å². The molecule has 0 saturated carbocycles. The zero-order valence-corrected chi connectivity index (χ0v) is 24.1. The number of hydrogen-bond acceptors (Lipinski definition) is 4. The van der Waals surface area contributed by atoms with Crippen molar-refractivity contribution in [2.75, 3.05) is 25.5 Å². The van der Waals surface area contributed by atoms with E-state index < -0.39 is 0 Å². The first kappa shape index (κ1) is 29.0. The van der Waals surface area contributed by atoms with Crippen molar-refractivity contribution in [2.24, 2.45) is 0 Å². The third-order valence-corrected chi connectivity index (χ3v) is 7.30. The second kappa shape index (κ2) is 14.9. The molecule has 0 aliphatic carbocycles.